The van der Waals surface area contributed by atoms with Gasteiger partial charge in [-0.25, -0.2) is 0 Å². The Morgan fingerprint density at radius 1 is 0.317 bits per heavy atom. The van der Waals surface area contributed by atoms with E-state index in [0.717, 1.165) is 55.7 Å². The molecule has 0 saturated carbocycles. The Morgan fingerprint density at radius 2 is 0.810 bits per heavy atom. The van der Waals surface area contributed by atoms with Gasteiger partial charge < -0.3 is 9.32 Å². The summed E-state index contributed by atoms with van der Waals surface area (Å²) in [5, 5.41) is 2.24. The predicted molar refractivity (Wildman–Crippen MR) is 262 cm³/mol. The third kappa shape index (κ3) is 5.95. The fourth-order valence-corrected chi connectivity index (χ4v) is 10.2. The van der Waals surface area contributed by atoms with E-state index >= 15 is 0 Å². The Balaban J connectivity index is 1.08. The van der Waals surface area contributed by atoms with Crippen LogP contribution in [0, 0.1) is 0 Å². The van der Waals surface area contributed by atoms with Crippen LogP contribution in [0.1, 0.15) is 22.3 Å². The molecular weight excluding hydrogens is 763 g/mol. The van der Waals surface area contributed by atoms with Gasteiger partial charge in [0, 0.05) is 27.6 Å². The maximum absolute atomic E-state index is 6.46. The molecule has 0 fully saturated rings. The summed E-state index contributed by atoms with van der Waals surface area (Å²) < 4.78 is 6.46. The van der Waals surface area contributed by atoms with Crippen molar-refractivity contribution in [1.29, 1.82) is 0 Å². The Bertz CT molecular complexity index is 3380. The molecule has 0 aliphatic heterocycles. The molecular formula is C61H41NO. The van der Waals surface area contributed by atoms with E-state index in [0.29, 0.717) is 0 Å². The molecule has 1 aliphatic rings. The first-order chi connectivity index (χ1) is 31.3. The van der Waals surface area contributed by atoms with Crippen LogP contribution in [0.4, 0.5) is 17.1 Å². The number of benzene rings is 10. The third-order valence-electron chi connectivity index (χ3n) is 13.0. The van der Waals surface area contributed by atoms with Crippen molar-refractivity contribution in [3.05, 3.63) is 271 Å². The molecule has 0 amide bonds. The summed E-state index contributed by atoms with van der Waals surface area (Å²) in [6.45, 7) is 0. The van der Waals surface area contributed by atoms with Gasteiger partial charge in [-0.2, -0.15) is 0 Å². The average Bonchev–Trinajstić information content (AvgIpc) is 3.89. The first kappa shape index (κ1) is 36.6. The largest absolute Gasteiger partial charge is 0.456 e. The van der Waals surface area contributed by atoms with E-state index in [1.54, 1.807) is 0 Å². The summed E-state index contributed by atoms with van der Waals surface area (Å²) in [5.74, 6) is 0. The van der Waals surface area contributed by atoms with E-state index in [9.17, 15) is 0 Å². The van der Waals surface area contributed by atoms with Crippen molar-refractivity contribution < 1.29 is 4.42 Å². The van der Waals surface area contributed by atoms with Crippen LogP contribution in [0.2, 0.25) is 0 Å². The van der Waals surface area contributed by atoms with Crippen molar-refractivity contribution in [2.75, 3.05) is 4.90 Å². The molecule has 2 heteroatoms. The smallest absolute Gasteiger partial charge is 0.136 e. The van der Waals surface area contributed by atoms with Crippen LogP contribution >= 0.6 is 0 Å². The SMILES string of the molecule is c1ccc(-c2ccc(-c3ccc(N(c4ccccc4-c4ccc5c(c4)oc4ccccc45)c4cccc5c4-c4ccccc4C5(c4ccccc4)c4ccccc4)cc3)cc2)cc1. The molecule has 63 heavy (non-hydrogen) atoms. The Labute approximate surface area is 367 Å². The van der Waals surface area contributed by atoms with E-state index in [1.165, 1.54) is 50.1 Å². The van der Waals surface area contributed by atoms with E-state index in [1.807, 2.05) is 12.1 Å². The van der Waals surface area contributed by atoms with Gasteiger partial charge in [0.15, 0.2) is 0 Å². The molecule has 0 spiro atoms. The highest BCUT2D eigenvalue weighted by atomic mass is 16.3. The van der Waals surface area contributed by atoms with Crippen molar-refractivity contribution in [3.8, 4) is 44.5 Å². The molecule has 11 aromatic rings. The lowest BCUT2D eigenvalue weighted by atomic mass is 9.68. The first-order valence-electron chi connectivity index (χ1n) is 21.7. The highest BCUT2D eigenvalue weighted by molar-refractivity contribution is 6.07. The van der Waals surface area contributed by atoms with Gasteiger partial charge in [-0.1, -0.05) is 206 Å². The van der Waals surface area contributed by atoms with E-state index in [-0.39, 0.29) is 0 Å². The molecule has 0 radical (unpaired) electrons. The van der Waals surface area contributed by atoms with Crippen LogP contribution in [0.25, 0.3) is 66.4 Å². The zero-order chi connectivity index (χ0) is 41.7. The molecule has 1 heterocycles. The topological polar surface area (TPSA) is 16.4 Å². The lowest BCUT2D eigenvalue weighted by Crippen LogP contribution is -2.28. The molecule has 2 nitrogen and oxygen atoms in total. The lowest BCUT2D eigenvalue weighted by molar-refractivity contribution is 0.669. The quantitative estimate of drug-likeness (QED) is 0.152. The number of fused-ring (bicyclic) bond motifs is 6. The molecule has 296 valence electrons. The van der Waals surface area contributed by atoms with Gasteiger partial charge in [-0.15, -0.1) is 0 Å². The molecule has 12 rings (SSSR count). The normalized spacial score (nSPS) is 12.6. The Kier molecular flexibility index (Phi) is 8.76. The van der Waals surface area contributed by atoms with Crippen LogP contribution in [0.3, 0.4) is 0 Å². The summed E-state index contributed by atoms with van der Waals surface area (Å²) in [5.41, 5.74) is 19.0. The maximum Gasteiger partial charge on any atom is 0.136 e. The van der Waals surface area contributed by atoms with E-state index in [4.69, 9.17) is 4.42 Å². The van der Waals surface area contributed by atoms with Gasteiger partial charge in [0.05, 0.1) is 16.8 Å². The van der Waals surface area contributed by atoms with Crippen molar-refractivity contribution >= 4 is 39.0 Å². The van der Waals surface area contributed by atoms with Crippen molar-refractivity contribution in [2.45, 2.75) is 5.41 Å². The standard InChI is InChI=1S/C61H41NO/c1-4-17-42(18-5-1)43-31-33-44(34-32-43)45-35-38-49(39-36-45)62(56-28-14-11-23-50(56)46-37-40-52-51-24-12-15-30-58(51)63-59(52)41-46)57-29-16-27-55-60(57)53-25-10-13-26-54(53)61(55,47-19-6-2-7-20-47)48-21-8-3-9-22-48/h1-41H. The summed E-state index contributed by atoms with van der Waals surface area (Å²) in [6, 6.07) is 90.3. The maximum atomic E-state index is 6.46. The van der Waals surface area contributed by atoms with Gasteiger partial charge in [-0.3, -0.25) is 0 Å². The molecule has 1 aromatic heterocycles. The summed E-state index contributed by atoms with van der Waals surface area (Å²) >= 11 is 0. The highest BCUT2D eigenvalue weighted by Gasteiger charge is 2.47. The zero-order valence-corrected chi connectivity index (χ0v) is 34.5. The Hall–Kier alpha value is -8.20. The molecule has 1 aliphatic carbocycles. The molecule has 0 N–H and O–H groups in total. The minimum absolute atomic E-state index is 0.530. The van der Waals surface area contributed by atoms with Crippen molar-refractivity contribution in [2.24, 2.45) is 0 Å². The number of furan rings is 1. The summed E-state index contributed by atoms with van der Waals surface area (Å²) in [6.07, 6.45) is 0. The van der Waals surface area contributed by atoms with Crippen molar-refractivity contribution in [3.63, 3.8) is 0 Å². The van der Waals surface area contributed by atoms with Crippen LogP contribution in [0.5, 0.6) is 0 Å². The van der Waals surface area contributed by atoms with Gasteiger partial charge in [0.25, 0.3) is 0 Å². The number of para-hydroxylation sites is 2. The average molecular weight is 804 g/mol. The van der Waals surface area contributed by atoms with Crippen LogP contribution in [-0.4, -0.2) is 0 Å². The second-order valence-electron chi connectivity index (χ2n) is 16.4. The lowest BCUT2D eigenvalue weighted by Gasteiger charge is -2.34. The van der Waals surface area contributed by atoms with Crippen LogP contribution in [0.15, 0.2) is 253 Å². The monoisotopic (exact) mass is 803 g/mol. The number of hydrogen-bond acceptors (Lipinski definition) is 2. The molecule has 0 atom stereocenters. The predicted octanol–water partition coefficient (Wildman–Crippen LogP) is 16.4. The number of hydrogen-bond donors (Lipinski definition) is 0. The fraction of sp³-hybridized carbons (Fsp3) is 0.0164. The van der Waals surface area contributed by atoms with E-state index in [2.05, 4.69) is 241 Å². The third-order valence-corrected chi connectivity index (χ3v) is 13.0. The minimum Gasteiger partial charge on any atom is -0.456 e. The first-order valence-corrected chi connectivity index (χ1v) is 21.7. The summed E-state index contributed by atoms with van der Waals surface area (Å²) in [4.78, 5) is 2.47. The fourth-order valence-electron chi connectivity index (χ4n) is 10.2. The van der Waals surface area contributed by atoms with Crippen LogP contribution < -0.4 is 4.90 Å². The van der Waals surface area contributed by atoms with Crippen molar-refractivity contribution in [1.82, 2.24) is 0 Å². The second-order valence-corrected chi connectivity index (χ2v) is 16.4. The number of nitrogens with zero attached hydrogens (tertiary/aromatic N) is 1. The van der Waals surface area contributed by atoms with E-state index < -0.39 is 5.41 Å². The molecule has 0 unspecified atom stereocenters. The van der Waals surface area contributed by atoms with Gasteiger partial charge in [0.1, 0.15) is 11.2 Å². The Morgan fingerprint density at radius 3 is 1.51 bits per heavy atom. The van der Waals surface area contributed by atoms with Gasteiger partial charge in [-0.05, 0) is 98.1 Å². The number of anilines is 3. The highest BCUT2D eigenvalue weighted by Crippen LogP contribution is 2.60. The molecule has 0 bridgehead atoms. The zero-order valence-electron chi connectivity index (χ0n) is 34.5. The van der Waals surface area contributed by atoms with Gasteiger partial charge >= 0.3 is 0 Å². The summed E-state index contributed by atoms with van der Waals surface area (Å²) in [7, 11) is 0. The number of rotatable bonds is 8. The minimum atomic E-state index is -0.530. The second kappa shape index (κ2) is 15.1. The van der Waals surface area contributed by atoms with Gasteiger partial charge in [0.2, 0.25) is 0 Å². The molecule has 10 aromatic carbocycles. The molecule has 0 saturated heterocycles. The van der Waals surface area contributed by atoms with Crippen LogP contribution in [-0.2, 0) is 5.41 Å².